The fourth-order valence-corrected chi connectivity index (χ4v) is 2.88. The van der Waals surface area contributed by atoms with Gasteiger partial charge in [0.2, 0.25) is 0 Å². The molecule has 1 N–H and O–H groups in total. The summed E-state index contributed by atoms with van der Waals surface area (Å²) in [6.07, 6.45) is 2.53. The molecule has 0 aliphatic heterocycles. The summed E-state index contributed by atoms with van der Waals surface area (Å²) in [6.45, 7) is 0.457. The van der Waals surface area contributed by atoms with Crippen molar-refractivity contribution in [3.63, 3.8) is 0 Å². The Morgan fingerprint density at radius 2 is 2.25 bits per heavy atom. The maximum Gasteiger partial charge on any atom is 0.328 e. The predicted molar refractivity (Wildman–Crippen MR) is 78.9 cm³/mol. The standard InChI is InChI=1S/C13H12N2O3S2/c1-15(5-10-7-19-8-14-10)13(18)9-4-11(20-6-9)2-3-12(16)17/h2-4,6-8H,5H2,1H3,(H,16,17). The van der Waals surface area contributed by atoms with Gasteiger partial charge in [0.05, 0.1) is 23.3 Å². The minimum Gasteiger partial charge on any atom is -0.478 e. The summed E-state index contributed by atoms with van der Waals surface area (Å²) in [5.41, 5.74) is 3.14. The highest BCUT2D eigenvalue weighted by Crippen LogP contribution is 2.18. The molecule has 5 nitrogen and oxygen atoms in total. The van der Waals surface area contributed by atoms with Crippen LogP contribution >= 0.6 is 22.7 Å². The molecule has 0 aliphatic rings. The van der Waals surface area contributed by atoms with Crippen molar-refractivity contribution in [2.45, 2.75) is 6.54 Å². The van der Waals surface area contributed by atoms with Crippen LogP contribution in [-0.2, 0) is 11.3 Å². The van der Waals surface area contributed by atoms with Crippen molar-refractivity contribution in [1.82, 2.24) is 9.88 Å². The summed E-state index contributed by atoms with van der Waals surface area (Å²) in [6, 6.07) is 1.68. The minimum absolute atomic E-state index is 0.107. The number of carbonyl (C=O) groups excluding carboxylic acids is 1. The molecule has 0 saturated heterocycles. The van der Waals surface area contributed by atoms with Gasteiger partial charge in [0.25, 0.3) is 5.91 Å². The summed E-state index contributed by atoms with van der Waals surface area (Å²) in [4.78, 5) is 29.1. The largest absolute Gasteiger partial charge is 0.478 e. The van der Waals surface area contributed by atoms with Crippen LogP contribution in [0.15, 0.2) is 28.4 Å². The second-order valence-electron chi connectivity index (χ2n) is 4.05. The number of hydrogen-bond donors (Lipinski definition) is 1. The first-order valence-corrected chi connectivity index (χ1v) is 7.50. The average Bonchev–Trinajstić information content (AvgIpc) is 3.06. The highest BCUT2D eigenvalue weighted by Gasteiger charge is 2.14. The molecule has 0 aromatic carbocycles. The van der Waals surface area contributed by atoms with Crippen LogP contribution in [0.3, 0.4) is 0 Å². The fraction of sp³-hybridized carbons (Fsp3) is 0.154. The molecule has 104 valence electrons. The number of thiophene rings is 1. The second kappa shape index (κ2) is 6.44. The van der Waals surface area contributed by atoms with Crippen LogP contribution in [0.4, 0.5) is 0 Å². The minimum atomic E-state index is -1.01. The number of nitrogens with zero attached hydrogens (tertiary/aromatic N) is 2. The van der Waals surface area contributed by atoms with Crippen molar-refractivity contribution in [1.29, 1.82) is 0 Å². The van der Waals surface area contributed by atoms with Crippen molar-refractivity contribution in [3.05, 3.63) is 44.5 Å². The first-order chi connectivity index (χ1) is 9.56. The Morgan fingerprint density at radius 1 is 1.45 bits per heavy atom. The third kappa shape index (κ3) is 3.75. The molecule has 7 heteroatoms. The molecular formula is C13H12N2O3S2. The zero-order chi connectivity index (χ0) is 14.5. The van der Waals surface area contributed by atoms with E-state index in [9.17, 15) is 9.59 Å². The number of rotatable bonds is 5. The number of hydrogen-bond acceptors (Lipinski definition) is 5. The van der Waals surface area contributed by atoms with Crippen molar-refractivity contribution < 1.29 is 14.7 Å². The van der Waals surface area contributed by atoms with Crippen LogP contribution in [-0.4, -0.2) is 33.9 Å². The van der Waals surface area contributed by atoms with Crippen LogP contribution in [0.5, 0.6) is 0 Å². The van der Waals surface area contributed by atoms with Crippen LogP contribution in [0.1, 0.15) is 20.9 Å². The first-order valence-electron chi connectivity index (χ1n) is 5.68. The lowest BCUT2D eigenvalue weighted by molar-refractivity contribution is -0.131. The molecule has 1 amide bonds. The van der Waals surface area contributed by atoms with Crippen molar-refractivity contribution >= 4 is 40.6 Å². The smallest absolute Gasteiger partial charge is 0.328 e. The summed E-state index contributed by atoms with van der Waals surface area (Å²) in [5.74, 6) is -1.11. The van der Waals surface area contributed by atoms with E-state index in [0.717, 1.165) is 16.6 Å². The first kappa shape index (κ1) is 14.4. The third-order valence-electron chi connectivity index (χ3n) is 2.49. The van der Waals surface area contributed by atoms with Crippen molar-refractivity contribution in [3.8, 4) is 0 Å². The number of carboxylic acids is 1. The quantitative estimate of drug-likeness (QED) is 0.862. The Morgan fingerprint density at radius 3 is 2.90 bits per heavy atom. The monoisotopic (exact) mass is 308 g/mol. The second-order valence-corrected chi connectivity index (χ2v) is 5.71. The molecular weight excluding hydrogens is 296 g/mol. The average molecular weight is 308 g/mol. The highest BCUT2D eigenvalue weighted by atomic mass is 32.1. The number of aromatic nitrogens is 1. The normalized spacial score (nSPS) is 10.8. The Labute approximate surface area is 123 Å². The molecule has 0 radical (unpaired) electrons. The summed E-state index contributed by atoms with van der Waals surface area (Å²) in [5, 5.41) is 12.2. The van der Waals surface area contributed by atoms with E-state index < -0.39 is 5.97 Å². The van der Waals surface area contributed by atoms with Gasteiger partial charge in [-0.15, -0.1) is 22.7 Å². The van der Waals surface area contributed by atoms with Gasteiger partial charge < -0.3 is 10.0 Å². The molecule has 0 spiro atoms. The number of amides is 1. The summed E-state index contributed by atoms with van der Waals surface area (Å²) < 4.78 is 0. The molecule has 0 saturated carbocycles. The van der Waals surface area contributed by atoms with E-state index in [2.05, 4.69) is 4.98 Å². The van der Waals surface area contributed by atoms with Gasteiger partial charge in [-0.2, -0.15) is 0 Å². The summed E-state index contributed by atoms with van der Waals surface area (Å²) >= 11 is 2.82. The Balaban J connectivity index is 2.03. The van der Waals surface area contributed by atoms with E-state index in [1.165, 1.54) is 28.7 Å². The number of aliphatic carboxylic acids is 1. The van der Waals surface area contributed by atoms with Gasteiger partial charge in [0.15, 0.2) is 0 Å². The van der Waals surface area contributed by atoms with Crippen LogP contribution in [0.2, 0.25) is 0 Å². The van der Waals surface area contributed by atoms with Gasteiger partial charge in [-0.3, -0.25) is 4.79 Å². The lowest BCUT2D eigenvalue weighted by Gasteiger charge is -2.14. The topological polar surface area (TPSA) is 70.5 Å². The van der Waals surface area contributed by atoms with E-state index in [1.54, 1.807) is 28.9 Å². The van der Waals surface area contributed by atoms with Crippen molar-refractivity contribution in [2.75, 3.05) is 7.05 Å². The number of thiazole rings is 1. The van der Waals surface area contributed by atoms with E-state index >= 15 is 0 Å². The van der Waals surface area contributed by atoms with Gasteiger partial charge >= 0.3 is 5.97 Å². The molecule has 0 bridgehead atoms. The van der Waals surface area contributed by atoms with Crippen LogP contribution in [0, 0.1) is 0 Å². The lowest BCUT2D eigenvalue weighted by Crippen LogP contribution is -2.25. The van der Waals surface area contributed by atoms with E-state index in [-0.39, 0.29) is 5.91 Å². The zero-order valence-electron chi connectivity index (χ0n) is 10.6. The Kier molecular flexibility index (Phi) is 4.65. The number of carboxylic acid groups (broad SMARTS) is 1. The molecule has 2 heterocycles. The van der Waals surface area contributed by atoms with Gasteiger partial charge in [-0.25, -0.2) is 9.78 Å². The fourth-order valence-electron chi connectivity index (χ4n) is 1.56. The molecule has 2 aromatic rings. The number of carbonyl (C=O) groups is 2. The maximum atomic E-state index is 12.2. The SMILES string of the molecule is CN(Cc1cscn1)C(=O)c1csc(C=CC(=O)O)c1. The van der Waals surface area contributed by atoms with Gasteiger partial charge in [-0.1, -0.05) is 0 Å². The molecule has 20 heavy (non-hydrogen) atoms. The Hall–Kier alpha value is -1.99. The molecule has 2 rings (SSSR count). The highest BCUT2D eigenvalue weighted by molar-refractivity contribution is 7.11. The van der Waals surface area contributed by atoms with Crippen LogP contribution in [0.25, 0.3) is 6.08 Å². The molecule has 0 unspecified atom stereocenters. The van der Waals surface area contributed by atoms with Gasteiger partial charge in [0.1, 0.15) is 0 Å². The molecule has 0 atom stereocenters. The molecule has 0 fully saturated rings. The lowest BCUT2D eigenvalue weighted by atomic mass is 10.2. The molecule has 2 aromatic heterocycles. The van der Waals surface area contributed by atoms with E-state index in [0.29, 0.717) is 12.1 Å². The van der Waals surface area contributed by atoms with E-state index in [4.69, 9.17) is 5.11 Å². The predicted octanol–water partition coefficient (Wildman–Crippen LogP) is 2.57. The Bertz CT molecular complexity index is 632. The zero-order valence-corrected chi connectivity index (χ0v) is 12.3. The van der Waals surface area contributed by atoms with E-state index in [1.807, 2.05) is 5.38 Å². The summed E-state index contributed by atoms with van der Waals surface area (Å²) in [7, 11) is 1.71. The van der Waals surface area contributed by atoms with Crippen LogP contribution < -0.4 is 0 Å². The van der Waals surface area contributed by atoms with Gasteiger partial charge in [0, 0.05) is 28.8 Å². The van der Waals surface area contributed by atoms with Gasteiger partial charge in [-0.05, 0) is 12.1 Å². The van der Waals surface area contributed by atoms with Crippen molar-refractivity contribution in [2.24, 2.45) is 0 Å². The molecule has 0 aliphatic carbocycles. The maximum absolute atomic E-state index is 12.2. The third-order valence-corrected chi connectivity index (χ3v) is 4.02.